The van der Waals surface area contributed by atoms with Gasteiger partial charge in [0.25, 0.3) is 0 Å². The van der Waals surface area contributed by atoms with E-state index in [0.717, 1.165) is 0 Å². The Bertz CT molecular complexity index is 573. The fourth-order valence-electron chi connectivity index (χ4n) is 1.57. The van der Waals surface area contributed by atoms with Crippen LogP contribution >= 0.6 is 38.9 Å². The number of thiophene rings is 1. The predicted octanol–water partition coefficient (Wildman–Crippen LogP) is 4.39. The zero-order chi connectivity index (χ0) is 13.3. The second kappa shape index (κ2) is 5.57. The van der Waals surface area contributed by atoms with Gasteiger partial charge in [-0.2, -0.15) is 0 Å². The van der Waals surface area contributed by atoms with Crippen molar-refractivity contribution in [1.29, 1.82) is 0 Å². The zero-order valence-electron chi connectivity index (χ0n) is 9.28. The summed E-state index contributed by atoms with van der Waals surface area (Å²) in [5.41, 5.74) is 0.129. The van der Waals surface area contributed by atoms with E-state index in [1.54, 1.807) is 11.4 Å². The van der Waals surface area contributed by atoms with Crippen molar-refractivity contribution < 1.29 is 14.2 Å². The van der Waals surface area contributed by atoms with Crippen LogP contribution in [0.25, 0.3) is 0 Å². The molecule has 2 aromatic rings. The Morgan fingerprint density at radius 2 is 2.22 bits per heavy atom. The molecule has 96 valence electrons. The van der Waals surface area contributed by atoms with Crippen LogP contribution in [0.1, 0.15) is 16.5 Å². The first-order valence-electron chi connectivity index (χ1n) is 4.98. The lowest BCUT2D eigenvalue weighted by Gasteiger charge is -2.13. The minimum atomic E-state index is -1.09. The second-order valence-electron chi connectivity index (χ2n) is 3.54. The van der Waals surface area contributed by atoms with Crippen LogP contribution in [0.15, 0.2) is 28.1 Å². The number of methoxy groups -OCH3 is 1. The summed E-state index contributed by atoms with van der Waals surface area (Å²) in [6, 6.07) is 4.37. The van der Waals surface area contributed by atoms with Gasteiger partial charge in [-0.3, -0.25) is 0 Å². The lowest BCUT2D eigenvalue weighted by molar-refractivity contribution is 0.214. The Kier molecular flexibility index (Phi) is 4.27. The van der Waals surface area contributed by atoms with Crippen molar-refractivity contribution in [2.75, 3.05) is 7.11 Å². The number of hydrogen-bond donors (Lipinski definition) is 1. The number of ether oxygens (including phenoxy) is 1. The number of rotatable bonds is 3. The summed E-state index contributed by atoms with van der Waals surface area (Å²) in [5, 5.41) is 12.3. The molecular weight excluding hydrogens is 343 g/mol. The molecule has 1 heterocycles. The van der Waals surface area contributed by atoms with Crippen LogP contribution in [-0.4, -0.2) is 12.2 Å². The molecule has 2 rings (SSSR count). The molecule has 0 aliphatic heterocycles. The SMILES string of the molecule is COc1ccsc1C(O)c1cc(Cl)c(Br)cc1F. The van der Waals surface area contributed by atoms with Gasteiger partial charge in [0.05, 0.1) is 17.0 Å². The fraction of sp³-hybridized carbons (Fsp3) is 0.167. The lowest BCUT2D eigenvalue weighted by atomic mass is 10.1. The Morgan fingerprint density at radius 3 is 2.89 bits per heavy atom. The topological polar surface area (TPSA) is 29.5 Å². The van der Waals surface area contributed by atoms with Crippen molar-refractivity contribution in [2.24, 2.45) is 0 Å². The molecule has 1 atom stereocenters. The third-order valence-corrected chi connectivity index (χ3v) is 4.61. The first-order valence-corrected chi connectivity index (χ1v) is 7.03. The molecule has 0 saturated heterocycles. The van der Waals surface area contributed by atoms with Crippen LogP contribution in [0.3, 0.4) is 0 Å². The van der Waals surface area contributed by atoms with E-state index in [4.69, 9.17) is 16.3 Å². The molecular formula is C12H9BrClFO2S. The van der Waals surface area contributed by atoms with Crippen LogP contribution < -0.4 is 4.74 Å². The summed E-state index contributed by atoms with van der Waals surface area (Å²) in [6.07, 6.45) is -1.09. The highest BCUT2D eigenvalue weighted by molar-refractivity contribution is 9.10. The molecule has 1 N–H and O–H groups in total. The molecule has 1 aromatic heterocycles. The molecule has 0 saturated carbocycles. The van der Waals surface area contributed by atoms with Gasteiger partial charge in [-0.15, -0.1) is 11.3 Å². The number of aliphatic hydroxyl groups excluding tert-OH is 1. The molecule has 6 heteroatoms. The summed E-state index contributed by atoms with van der Waals surface area (Å²) in [7, 11) is 1.50. The molecule has 0 bridgehead atoms. The van der Waals surface area contributed by atoms with E-state index >= 15 is 0 Å². The molecule has 1 aromatic carbocycles. The van der Waals surface area contributed by atoms with Crippen molar-refractivity contribution >= 4 is 38.9 Å². The van der Waals surface area contributed by atoms with Gasteiger partial charge in [-0.1, -0.05) is 11.6 Å². The van der Waals surface area contributed by atoms with Gasteiger partial charge in [0.2, 0.25) is 0 Å². The standard InChI is InChI=1S/C12H9BrClFO2S/c1-17-10-2-3-18-12(10)11(16)6-4-8(14)7(13)5-9(6)15/h2-5,11,16H,1H3. The molecule has 18 heavy (non-hydrogen) atoms. The van der Waals surface area contributed by atoms with Gasteiger partial charge in [0.15, 0.2) is 0 Å². The monoisotopic (exact) mass is 350 g/mol. The summed E-state index contributed by atoms with van der Waals surface area (Å²) in [5.74, 6) is 0.0140. The molecule has 0 aliphatic carbocycles. The number of aliphatic hydroxyl groups is 1. The van der Waals surface area contributed by atoms with Crippen molar-refractivity contribution in [1.82, 2.24) is 0 Å². The summed E-state index contributed by atoms with van der Waals surface area (Å²) >= 11 is 10.3. The van der Waals surface area contributed by atoms with Crippen LogP contribution in [0, 0.1) is 5.82 Å². The van der Waals surface area contributed by atoms with E-state index in [1.165, 1.54) is 30.6 Å². The van der Waals surface area contributed by atoms with Crippen molar-refractivity contribution in [3.63, 3.8) is 0 Å². The van der Waals surface area contributed by atoms with E-state index in [2.05, 4.69) is 15.9 Å². The normalized spacial score (nSPS) is 12.5. The van der Waals surface area contributed by atoms with Crippen LogP contribution in [0.5, 0.6) is 5.75 Å². The highest BCUT2D eigenvalue weighted by atomic mass is 79.9. The number of hydrogen-bond acceptors (Lipinski definition) is 3. The van der Waals surface area contributed by atoms with Gasteiger partial charge in [-0.25, -0.2) is 4.39 Å². The maximum Gasteiger partial charge on any atom is 0.135 e. The molecule has 0 spiro atoms. The average molecular weight is 352 g/mol. The lowest BCUT2D eigenvalue weighted by Crippen LogP contribution is -2.02. The smallest absolute Gasteiger partial charge is 0.135 e. The number of benzene rings is 1. The maximum atomic E-state index is 13.8. The fourth-order valence-corrected chi connectivity index (χ4v) is 2.92. The van der Waals surface area contributed by atoms with Gasteiger partial charge in [0, 0.05) is 10.0 Å². The van der Waals surface area contributed by atoms with Crippen molar-refractivity contribution in [3.8, 4) is 5.75 Å². The van der Waals surface area contributed by atoms with Gasteiger partial charge in [-0.05, 0) is 39.5 Å². The third kappa shape index (κ3) is 2.54. The predicted molar refractivity (Wildman–Crippen MR) is 74.0 cm³/mol. The van der Waals surface area contributed by atoms with Crippen LogP contribution in [-0.2, 0) is 0 Å². The maximum absolute atomic E-state index is 13.8. The average Bonchev–Trinajstić information content (AvgIpc) is 2.81. The van der Waals surface area contributed by atoms with E-state index in [0.29, 0.717) is 20.1 Å². The minimum absolute atomic E-state index is 0.129. The molecule has 2 nitrogen and oxygen atoms in total. The van der Waals surface area contributed by atoms with E-state index in [1.807, 2.05) is 0 Å². The van der Waals surface area contributed by atoms with Gasteiger partial charge < -0.3 is 9.84 Å². The van der Waals surface area contributed by atoms with E-state index in [-0.39, 0.29) is 5.56 Å². The summed E-state index contributed by atoms with van der Waals surface area (Å²) in [6.45, 7) is 0. The minimum Gasteiger partial charge on any atom is -0.495 e. The van der Waals surface area contributed by atoms with Gasteiger partial charge >= 0.3 is 0 Å². The quantitative estimate of drug-likeness (QED) is 0.831. The van der Waals surface area contributed by atoms with Crippen LogP contribution in [0.2, 0.25) is 5.02 Å². The van der Waals surface area contributed by atoms with Crippen LogP contribution in [0.4, 0.5) is 4.39 Å². The molecule has 1 unspecified atom stereocenters. The first kappa shape index (κ1) is 13.8. The Morgan fingerprint density at radius 1 is 1.50 bits per heavy atom. The van der Waals surface area contributed by atoms with Crippen molar-refractivity contribution in [3.05, 3.63) is 49.3 Å². The highest BCUT2D eigenvalue weighted by Gasteiger charge is 2.21. The molecule has 0 amide bonds. The third-order valence-electron chi connectivity index (χ3n) is 2.46. The Hall–Kier alpha value is -0.620. The van der Waals surface area contributed by atoms with E-state index in [9.17, 15) is 9.50 Å². The van der Waals surface area contributed by atoms with Crippen molar-refractivity contribution in [2.45, 2.75) is 6.10 Å². The first-order chi connectivity index (χ1) is 8.54. The number of halogens is 3. The molecule has 0 aliphatic rings. The second-order valence-corrected chi connectivity index (χ2v) is 5.75. The largest absolute Gasteiger partial charge is 0.495 e. The molecule has 0 radical (unpaired) electrons. The summed E-state index contributed by atoms with van der Waals surface area (Å²) < 4.78 is 19.4. The van der Waals surface area contributed by atoms with E-state index < -0.39 is 11.9 Å². The molecule has 0 fully saturated rings. The van der Waals surface area contributed by atoms with Gasteiger partial charge in [0.1, 0.15) is 17.7 Å². The zero-order valence-corrected chi connectivity index (χ0v) is 12.4. The summed E-state index contributed by atoms with van der Waals surface area (Å²) in [4.78, 5) is 0.551. The Labute approximate surface area is 121 Å². The highest BCUT2D eigenvalue weighted by Crippen LogP contribution is 2.37. The Balaban J connectivity index is 2.46.